The fraction of sp³-hybridized carbons (Fsp3) is 0.250. The van der Waals surface area contributed by atoms with E-state index in [4.69, 9.17) is 9.47 Å². The molecule has 9 heteroatoms. The zero-order valence-corrected chi connectivity index (χ0v) is 18.8. The van der Waals surface area contributed by atoms with Gasteiger partial charge in [0.15, 0.2) is 11.5 Å². The molecule has 33 heavy (non-hydrogen) atoms. The molecule has 0 aliphatic heterocycles. The molecule has 0 atom stereocenters. The number of anilines is 1. The topological polar surface area (TPSA) is 112 Å². The van der Waals surface area contributed by atoms with Crippen LogP contribution >= 0.6 is 0 Å². The minimum Gasteiger partial charge on any atom is -0.493 e. The molecule has 3 aromatic rings. The van der Waals surface area contributed by atoms with Crippen LogP contribution in [0.25, 0.3) is 0 Å². The summed E-state index contributed by atoms with van der Waals surface area (Å²) >= 11 is 0. The van der Waals surface area contributed by atoms with E-state index >= 15 is 0 Å². The maximum Gasteiger partial charge on any atom is 0.276 e. The van der Waals surface area contributed by atoms with Crippen LogP contribution < -0.4 is 25.7 Å². The maximum atomic E-state index is 12.5. The van der Waals surface area contributed by atoms with Crippen LogP contribution in [-0.4, -0.2) is 42.4 Å². The standard InChI is InChI=1S/C24H26N4O5/c1-16-4-7-18(8-5-16)26-24(31)19-9-11-23(30)28(27-19)15-22(29)25-13-12-17-6-10-20(32-2)21(14-17)33-3/h4-11,14H,12-13,15H2,1-3H3,(H,25,29)(H,26,31). The highest BCUT2D eigenvalue weighted by atomic mass is 16.5. The van der Waals surface area contributed by atoms with Gasteiger partial charge in [0.1, 0.15) is 12.2 Å². The summed E-state index contributed by atoms with van der Waals surface area (Å²) in [5.41, 5.74) is 2.19. The molecule has 9 nitrogen and oxygen atoms in total. The van der Waals surface area contributed by atoms with Gasteiger partial charge in [0, 0.05) is 18.3 Å². The van der Waals surface area contributed by atoms with Gasteiger partial charge in [-0.25, -0.2) is 4.68 Å². The number of nitrogens with one attached hydrogen (secondary N) is 2. The number of rotatable bonds is 9. The minimum absolute atomic E-state index is 0.0355. The highest BCUT2D eigenvalue weighted by molar-refractivity contribution is 6.02. The maximum absolute atomic E-state index is 12.5. The van der Waals surface area contributed by atoms with Crippen LogP contribution in [0.5, 0.6) is 11.5 Å². The van der Waals surface area contributed by atoms with Crippen LogP contribution in [0.2, 0.25) is 0 Å². The van der Waals surface area contributed by atoms with Gasteiger partial charge < -0.3 is 20.1 Å². The van der Waals surface area contributed by atoms with Crippen LogP contribution in [0, 0.1) is 6.92 Å². The molecule has 0 unspecified atom stereocenters. The first-order valence-corrected chi connectivity index (χ1v) is 10.3. The summed E-state index contributed by atoms with van der Waals surface area (Å²) < 4.78 is 11.5. The van der Waals surface area contributed by atoms with Crippen molar-refractivity contribution < 1.29 is 19.1 Å². The van der Waals surface area contributed by atoms with Gasteiger partial charge in [-0.15, -0.1) is 0 Å². The molecule has 0 fully saturated rings. The van der Waals surface area contributed by atoms with Crippen molar-refractivity contribution in [2.24, 2.45) is 0 Å². The third-order valence-corrected chi connectivity index (χ3v) is 4.89. The van der Waals surface area contributed by atoms with Gasteiger partial charge in [-0.1, -0.05) is 23.8 Å². The SMILES string of the molecule is COc1ccc(CCNC(=O)Cn2nc(C(=O)Nc3ccc(C)cc3)ccc2=O)cc1OC. The zero-order chi connectivity index (χ0) is 23.8. The van der Waals surface area contributed by atoms with Gasteiger partial charge in [0.2, 0.25) is 5.91 Å². The van der Waals surface area contributed by atoms with E-state index in [1.165, 1.54) is 12.1 Å². The van der Waals surface area contributed by atoms with Crippen molar-refractivity contribution in [2.45, 2.75) is 19.9 Å². The molecule has 0 bridgehead atoms. The molecular formula is C24H26N4O5. The van der Waals surface area contributed by atoms with Crippen molar-refractivity contribution in [1.29, 1.82) is 0 Å². The molecule has 0 saturated carbocycles. The molecule has 3 rings (SSSR count). The van der Waals surface area contributed by atoms with E-state index in [0.29, 0.717) is 30.2 Å². The number of nitrogens with zero attached hydrogens (tertiary/aromatic N) is 2. The molecule has 0 aliphatic carbocycles. The molecule has 1 aromatic heterocycles. The molecule has 0 radical (unpaired) electrons. The Balaban J connectivity index is 1.57. The van der Waals surface area contributed by atoms with Crippen molar-refractivity contribution in [3.63, 3.8) is 0 Å². The monoisotopic (exact) mass is 450 g/mol. The van der Waals surface area contributed by atoms with Crippen molar-refractivity contribution in [3.8, 4) is 11.5 Å². The summed E-state index contributed by atoms with van der Waals surface area (Å²) in [6.45, 7) is 2.01. The third kappa shape index (κ3) is 6.42. The van der Waals surface area contributed by atoms with E-state index in [1.807, 2.05) is 31.2 Å². The normalized spacial score (nSPS) is 10.4. The van der Waals surface area contributed by atoms with Crippen LogP contribution in [0.15, 0.2) is 59.4 Å². The molecular weight excluding hydrogens is 424 g/mol. The first kappa shape index (κ1) is 23.5. The Morgan fingerprint density at radius 1 is 0.970 bits per heavy atom. The largest absolute Gasteiger partial charge is 0.493 e. The summed E-state index contributed by atoms with van der Waals surface area (Å²) in [5.74, 6) is 0.377. The summed E-state index contributed by atoms with van der Waals surface area (Å²) in [6, 6.07) is 15.4. The average molecular weight is 450 g/mol. The predicted molar refractivity (Wildman–Crippen MR) is 124 cm³/mol. The van der Waals surface area contributed by atoms with Crippen molar-refractivity contribution in [3.05, 3.63) is 81.8 Å². The van der Waals surface area contributed by atoms with Gasteiger partial charge in [0.25, 0.3) is 11.5 Å². The highest BCUT2D eigenvalue weighted by Gasteiger charge is 2.12. The summed E-state index contributed by atoms with van der Waals surface area (Å²) in [4.78, 5) is 36.9. The van der Waals surface area contributed by atoms with E-state index in [2.05, 4.69) is 15.7 Å². The Morgan fingerprint density at radius 2 is 1.70 bits per heavy atom. The predicted octanol–water partition coefficient (Wildman–Crippen LogP) is 2.18. The Bertz CT molecular complexity index is 1190. The summed E-state index contributed by atoms with van der Waals surface area (Å²) in [7, 11) is 3.12. The number of benzene rings is 2. The Hall–Kier alpha value is -4.14. The number of aromatic nitrogens is 2. The van der Waals surface area contributed by atoms with Crippen molar-refractivity contribution in [2.75, 3.05) is 26.1 Å². The summed E-state index contributed by atoms with van der Waals surface area (Å²) in [5, 5.41) is 9.51. The van der Waals surface area contributed by atoms with E-state index in [1.54, 1.807) is 32.4 Å². The van der Waals surface area contributed by atoms with E-state index in [9.17, 15) is 14.4 Å². The third-order valence-electron chi connectivity index (χ3n) is 4.89. The van der Waals surface area contributed by atoms with Crippen LogP contribution in [0.4, 0.5) is 5.69 Å². The molecule has 1 heterocycles. The first-order valence-electron chi connectivity index (χ1n) is 10.3. The van der Waals surface area contributed by atoms with E-state index in [-0.39, 0.29) is 18.1 Å². The average Bonchev–Trinajstić information content (AvgIpc) is 2.81. The lowest BCUT2D eigenvalue weighted by Gasteiger charge is -2.11. The van der Waals surface area contributed by atoms with E-state index in [0.717, 1.165) is 15.8 Å². The Labute approximate surface area is 191 Å². The van der Waals surface area contributed by atoms with Gasteiger partial charge >= 0.3 is 0 Å². The second kappa shape index (κ2) is 10.9. The zero-order valence-electron chi connectivity index (χ0n) is 18.8. The molecule has 172 valence electrons. The Kier molecular flexibility index (Phi) is 7.80. The number of hydrogen-bond acceptors (Lipinski definition) is 6. The van der Waals surface area contributed by atoms with Gasteiger partial charge in [-0.3, -0.25) is 14.4 Å². The van der Waals surface area contributed by atoms with Gasteiger partial charge in [-0.05, 0) is 49.2 Å². The van der Waals surface area contributed by atoms with Crippen LogP contribution in [0.1, 0.15) is 21.6 Å². The smallest absolute Gasteiger partial charge is 0.276 e. The molecule has 2 amide bonds. The quantitative estimate of drug-likeness (QED) is 0.517. The lowest BCUT2D eigenvalue weighted by atomic mass is 10.1. The first-order chi connectivity index (χ1) is 15.9. The fourth-order valence-corrected chi connectivity index (χ4v) is 3.09. The second-order valence-corrected chi connectivity index (χ2v) is 7.32. The van der Waals surface area contributed by atoms with Crippen molar-refractivity contribution >= 4 is 17.5 Å². The van der Waals surface area contributed by atoms with Crippen LogP contribution in [0.3, 0.4) is 0 Å². The number of aryl methyl sites for hydroxylation is 1. The lowest BCUT2D eigenvalue weighted by molar-refractivity contribution is -0.121. The summed E-state index contributed by atoms with van der Waals surface area (Å²) in [6.07, 6.45) is 0.563. The lowest BCUT2D eigenvalue weighted by Crippen LogP contribution is -2.35. The molecule has 0 aliphatic rings. The molecule has 0 saturated heterocycles. The molecule has 2 aromatic carbocycles. The van der Waals surface area contributed by atoms with Crippen molar-refractivity contribution in [1.82, 2.24) is 15.1 Å². The number of ether oxygens (including phenoxy) is 2. The fourth-order valence-electron chi connectivity index (χ4n) is 3.09. The number of hydrogen-bond donors (Lipinski definition) is 2. The Morgan fingerprint density at radius 3 is 2.39 bits per heavy atom. The number of methoxy groups -OCH3 is 2. The highest BCUT2D eigenvalue weighted by Crippen LogP contribution is 2.27. The number of amides is 2. The van der Waals surface area contributed by atoms with Gasteiger partial charge in [-0.2, -0.15) is 5.10 Å². The van der Waals surface area contributed by atoms with Gasteiger partial charge in [0.05, 0.1) is 14.2 Å². The number of carbonyl (C=O) groups excluding carboxylic acids is 2. The molecule has 0 spiro atoms. The van der Waals surface area contributed by atoms with E-state index < -0.39 is 11.5 Å². The molecule has 2 N–H and O–H groups in total. The number of carbonyl (C=O) groups is 2. The minimum atomic E-state index is -0.475. The second-order valence-electron chi connectivity index (χ2n) is 7.32. The van der Waals surface area contributed by atoms with Crippen LogP contribution in [-0.2, 0) is 17.8 Å².